The third-order valence-electron chi connectivity index (χ3n) is 3.58. The smallest absolute Gasteiger partial charge is 0.324 e. The Labute approximate surface area is 117 Å². The van der Waals surface area contributed by atoms with Gasteiger partial charge >= 0.3 is 12.1 Å². The average molecular weight is 284 g/mol. The number of carbonyl (C=O) groups is 3. The summed E-state index contributed by atoms with van der Waals surface area (Å²) in [6, 6.07) is -0.552. The van der Waals surface area contributed by atoms with Gasteiger partial charge in [-0.25, -0.2) is 9.59 Å². The molecule has 0 unspecified atom stereocenters. The van der Waals surface area contributed by atoms with Crippen LogP contribution in [-0.2, 0) is 9.53 Å². The number of nitrogens with one attached hydrogen (secondary N) is 2. The Hall–Kier alpha value is -1.83. The highest BCUT2D eigenvalue weighted by Gasteiger charge is 2.37. The van der Waals surface area contributed by atoms with Crippen molar-refractivity contribution in [3.63, 3.8) is 0 Å². The van der Waals surface area contributed by atoms with Crippen LogP contribution in [0.15, 0.2) is 0 Å². The van der Waals surface area contributed by atoms with Gasteiger partial charge < -0.3 is 20.3 Å². The Morgan fingerprint density at radius 3 is 2.65 bits per heavy atom. The van der Waals surface area contributed by atoms with E-state index in [4.69, 9.17) is 4.74 Å². The first-order valence-corrected chi connectivity index (χ1v) is 6.75. The molecule has 2 aliphatic rings. The normalized spacial score (nSPS) is 20.2. The number of methoxy groups -OCH3 is 1. The zero-order valence-corrected chi connectivity index (χ0v) is 11.6. The molecule has 2 fully saturated rings. The topological polar surface area (TPSA) is 91.0 Å². The number of carbonyl (C=O) groups excluding carboxylic acids is 3. The number of hydrogen-bond donors (Lipinski definition) is 2. The summed E-state index contributed by atoms with van der Waals surface area (Å²) >= 11 is 0. The fraction of sp³-hybridized carbons (Fsp3) is 0.750. The van der Waals surface area contributed by atoms with Crippen molar-refractivity contribution < 1.29 is 19.1 Å². The van der Waals surface area contributed by atoms with Crippen LogP contribution in [0.5, 0.6) is 0 Å². The second-order valence-corrected chi connectivity index (χ2v) is 4.87. The van der Waals surface area contributed by atoms with Crippen LogP contribution in [0, 0.1) is 0 Å². The Bertz CT molecular complexity index is 377. The fourth-order valence-electron chi connectivity index (χ4n) is 2.50. The number of likely N-dealkylation sites (tertiary alicyclic amines) is 1. The summed E-state index contributed by atoms with van der Waals surface area (Å²) in [4.78, 5) is 38.0. The van der Waals surface area contributed by atoms with E-state index in [1.54, 1.807) is 12.0 Å². The van der Waals surface area contributed by atoms with E-state index in [2.05, 4.69) is 10.6 Å². The highest BCUT2D eigenvalue weighted by Crippen LogP contribution is 2.18. The van der Waals surface area contributed by atoms with E-state index < -0.39 is 0 Å². The van der Waals surface area contributed by atoms with Crippen molar-refractivity contribution in [1.82, 2.24) is 20.4 Å². The van der Waals surface area contributed by atoms with E-state index >= 15 is 0 Å². The predicted octanol–water partition coefficient (Wildman–Crippen LogP) is -0.641. The molecule has 20 heavy (non-hydrogen) atoms. The van der Waals surface area contributed by atoms with E-state index in [-0.39, 0.29) is 30.6 Å². The van der Waals surface area contributed by atoms with Gasteiger partial charge in [-0.3, -0.25) is 9.69 Å². The monoisotopic (exact) mass is 284 g/mol. The SMILES string of the molecule is COCCNC(=O)N1CCC(N2C(=O)CNC2=O)CC1. The number of amides is 5. The second kappa shape index (κ2) is 6.56. The van der Waals surface area contributed by atoms with Gasteiger partial charge in [-0.1, -0.05) is 0 Å². The average Bonchev–Trinajstić information content (AvgIpc) is 2.78. The maximum absolute atomic E-state index is 11.8. The summed E-state index contributed by atoms with van der Waals surface area (Å²) in [5.41, 5.74) is 0. The van der Waals surface area contributed by atoms with E-state index in [0.29, 0.717) is 39.1 Å². The molecule has 2 heterocycles. The molecule has 0 radical (unpaired) electrons. The zero-order chi connectivity index (χ0) is 14.5. The highest BCUT2D eigenvalue weighted by molar-refractivity contribution is 6.02. The van der Waals surface area contributed by atoms with Crippen LogP contribution in [0.4, 0.5) is 9.59 Å². The molecule has 2 aliphatic heterocycles. The molecule has 2 N–H and O–H groups in total. The summed E-state index contributed by atoms with van der Waals surface area (Å²) in [5.74, 6) is -0.182. The van der Waals surface area contributed by atoms with Gasteiger partial charge in [0.05, 0.1) is 13.2 Å². The Morgan fingerprint density at radius 1 is 1.40 bits per heavy atom. The van der Waals surface area contributed by atoms with Crippen molar-refractivity contribution in [2.24, 2.45) is 0 Å². The van der Waals surface area contributed by atoms with Gasteiger partial charge in [0.15, 0.2) is 0 Å². The van der Waals surface area contributed by atoms with Crippen LogP contribution in [0.1, 0.15) is 12.8 Å². The Morgan fingerprint density at radius 2 is 2.10 bits per heavy atom. The molecule has 0 aromatic carbocycles. The van der Waals surface area contributed by atoms with Crippen molar-refractivity contribution in [3.05, 3.63) is 0 Å². The van der Waals surface area contributed by atoms with Crippen molar-refractivity contribution in [1.29, 1.82) is 0 Å². The van der Waals surface area contributed by atoms with Crippen LogP contribution < -0.4 is 10.6 Å². The number of imide groups is 1. The minimum atomic E-state index is -0.321. The molecule has 0 aromatic rings. The molecule has 0 atom stereocenters. The molecule has 2 rings (SSSR count). The minimum Gasteiger partial charge on any atom is -0.383 e. The van der Waals surface area contributed by atoms with Crippen LogP contribution >= 0.6 is 0 Å². The van der Waals surface area contributed by atoms with Gasteiger partial charge in [-0.05, 0) is 12.8 Å². The summed E-state index contributed by atoms with van der Waals surface area (Å²) < 4.78 is 4.87. The first kappa shape index (κ1) is 14.6. The van der Waals surface area contributed by atoms with Crippen molar-refractivity contribution in [3.8, 4) is 0 Å². The lowest BCUT2D eigenvalue weighted by Gasteiger charge is -2.35. The third kappa shape index (κ3) is 3.19. The molecule has 0 aliphatic carbocycles. The lowest BCUT2D eigenvalue weighted by atomic mass is 10.0. The number of nitrogens with zero attached hydrogens (tertiary/aromatic N) is 2. The minimum absolute atomic E-state index is 0.0799. The maximum Gasteiger partial charge on any atom is 0.324 e. The second-order valence-electron chi connectivity index (χ2n) is 4.87. The van der Waals surface area contributed by atoms with Crippen molar-refractivity contribution in [2.75, 3.05) is 39.9 Å². The Kier molecular flexibility index (Phi) is 4.78. The molecule has 8 nitrogen and oxygen atoms in total. The third-order valence-corrected chi connectivity index (χ3v) is 3.58. The number of urea groups is 2. The van der Waals surface area contributed by atoms with Crippen LogP contribution in [0.25, 0.3) is 0 Å². The molecule has 0 saturated carbocycles. The molecule has 0 aromatic heterocycles. The summed E-state index contributed by atoms with van der Waals surface area (Å²) in [6.45, 7) is 2.12. The predicted molar refractivity (Wildman–Crippen MR) is 70.1 cm³/mol. The molecule has 112 valence electrons. The van der Waals surface area contributed by atoms with Crippen molar-refractivity contribution >= 4 is 18.0 Å². The van der Waals surface area contributed by atoms with Crippen LogP contribution in [-0.4, -0.2) is 73.7 Å². The molecule has 2 saturated heterocycles. The van der Waals surface area contributed by atoms with E-state index in [0.717, 1.165) is 0 Å². The van der Waals surface area contributed by atoms with Gasteiger partial charge in [-0.15, -0.1) is 0 Å². The molecule has 5 amide bonds. The number of piperidine rings is 1. The largest absolute Gasteiger partial charge is 0.383 e. The van der Waals surface area contributed by atoms with E-state index in [1.165, 1.54) is 4.90 Å². The summed E-state index contributed by atoms with van der Waals surface area (Å²) in [5, 5.41) is 5.27. The number of ether oxygens (including phenoxy) is 1. The lowest BCUT2D eigenvalue weighted by Crippen LogP contribution is -2.51. The van der Waals surface area contributed by atoms with Gasteiger partial charge in [0.1, 0.15) is 0 Å². The van der Waals surface area contributed by atoms with Crippen LogP contribution in [0.3, 0.4) is 0 Å². The molecule has 8 heteroatoms. The number of hydrogen-bond acceptors (Lipinski definition) is 4. The quantitative estimate of drug-likeness (QED) is 0.530. The summed E-state index contributed by atoms with van der Waals surface area (Å²) in [6.07, 6.45) is 1.24. The molecule has 0 bridgehead atoms. The van der Waals surface area contributed by atoms with Gasteiger partial charge in [-0.2, -0.15) is 0 Å². The lowest BCUT2D eigenvalue weighted by molar-refractivity contribution is -0.127. The van der Waals surface area contributed by atoms with Gasteiger partial charge in [0.25, 0.3) is 0 Å². The van der Waals surface area contributed by atoms with E-state index in [9.17, 15) is 14.4 Å². The molecular weight excluding hydrogens is 264 g/mol. The van der Waals surface area contributed by atoms with E-state index in [1.807, 2.05) is 0 Å². The Balaban J connectivity index is 1.79. The maximum atomic E-state index is 11.8. The zero-order valence-electron chi connectivity index (χ0n) is 11.6. The standard InChI is InChI=1S/C12H20N4O4/c1-20-7-4-13-11(18)15-5-2-9(3-6-15)16-10(17)8-14-12(16)19/h9H,2-8H2,1H3,(H,13,18)(H,14,19). The van der Waals surface area contributed by atoms with Crippen molar-refractivity contribution in [2.45, 2.75) is 18.9 Å². The summed E-state index contributed by atoms with van der Waals surface area (Å²) in [7, 11) is 1.58. The van der Waals surface area contributed by atoms with Gasteiger partial charge in [0, 0.05) is 32.8 Å². The molecule has 0 spiro atoms. The van der Waals surface area contributed by atoms with Crippen LogP contribution in [0.2, 0.25) is 0 Å². The molecular formula is C12H20N4O4. The van der Waals surface area contributed by atoms with Gasteiger partial charge in [0.2, 0.25) is 5.91 Å². The highest BCUT2D eigenvalue weighted by atomic mass is 16.5. The fourth-order valence-corrected chi connectivity index (χ4v) is 2.50. The number of rotatable bonds is 4. The first-order valence-electron chi connectivity index (χ1n) is 6.75. The first-order chi connectivity index (χ1) is 9.63.